The highest BCUT2D eigenvalue weighted by molar-refractivity contribution is 9.10. The van der Waals surface area contributed by atoms with E-state index in [1.54, 1.807) is 12.1 Å². The number of nitrogens with one attached hydrogen (secondary N) is 1. The fourth-order valence-electron chi connectivity index (χ4n) is 0.831. The van der Waals surface area contributed by atoms with Crippen molar-refractivity contribution in [2.75, 3.05) is 11.9 Å². The third-order valence-corrected chi connectivity index (χ3v) is 2.76. The molecular weight excluding hydrogens is 292 g/mol. The van der Waals surface area contributed by atoms with Gasteiger partial charge in [0.25, 0.3) is 0 Å². The summed E-state index contributed by atoms with van der Waals surface area (Å²) in [6.07, 6.45) is 0. The lowest BCUT2D eigenvalue weighted by atomic mass is 10.3. The van der Waals surface area contributed by atoms with Crippen molar-refractivity contribution in [2.45, 2.75) is 0 Å². The highest BCUT2D eigenvalue weighted by atomic mass is 79.9. The first-order valence-electron chi connectivity index (χ1n) is 3.77. The maximum absolute atomic E-state index is 13.0. The summed E-state index contributed by atoms with van der Waals surface area (Å²) in [5.41, 5.74) is 1.92. The predicted molar refractivity (Wildman–Crippen MR) is 62.4 cm³/mol. The van der Waals surface area contributed by atoms with E-state index in [1.807, 2.05) is 0 Å². The lowest BCUT2D eigenvalue weighted by Gasteiger charge is -2.05. The van der Waals surface area contributed by atoms with Crippen molar-refractivity contribution in [2.24, 2.45) is 0 Å². The molecular formula is C9H7BrCl2FN. The maximum Gasteiger partial charge on any atom is 0.139 e. The molecule has 1 aromatic rings. The van der Waals surface area contributed by atoms with Gasteiger partial charge >= 0.3 is 0 Å². The minimum absolute atomic E-state index is 0.319. The SMILES string of the molecule is Fc1cc(NC/C(Cl)=C/Cl)ccc1Br. The summed E-state index contributed by atoms with van der Waals surface area (Å²) in [5, 5.41) is 3.39. The van der Waals surface area contributed by atoms with E-state index >= 15 is 0 Å². The van der Waals surface area contributed by atoms with Gasteiger partial charge in [0, 0.05) is 16.3 Å². The minimum Gasteiger partial charge on any atom is -0.380 e. The van der Waals surface area contributed by atoms with Crippen molar-refractivity contribution >= 4 is 44.8 Å². The van der Waals surface area contributed by atoms with Crippen LogP contribution in [0.2, 0.25) is 0 Å². The van der Waals surface area contributed by atoms with Gasteiger partial charge in [-0.2, -0.15) is 0 Å². The van der Waals surface area contributed by atoms with Gasteiger partial charge in [-0.15, -0.1) is 0 Å². The number of benzene rings is 1. The molecule has 0 saturated carbocycles. The zero-order valence-corrected chi connectivity index (χ0v) is 10.1. The van der Waals surface area contributed by atoms with Crippen LogP contribution in [0, 0.1) is 5.82 Å². The molecule has 0 bridgehead atoms. The van der Waals surface area contributed by atoms with Crippen LogP contribution in [0.25, 0.3) is 0 Å². The van der Waals surface area contributed by atoms with Gasteiger partial charge in [-0.1, -0.05) is 23.2 Å². The molecule has 14 heavy (non-hydrogen) atoms. The Labute approximate surface area is 100 Å². The summed E-state index contributed by atoms with van der Waals surface area (Å²) < 4.78 is 13.5. The molecule has 0 heterocycles. The van der Waals surface area contributed by atoms with Gasteiger partial charge in [-0.25, -0.2) is 4.39 Å². The molecule has 1 nitrogen and oxygen atoms in total. The topological polar surface area (TPSA) is 12.0 Å². The first kappa shape index (κ1) is 11.8. The van der Waals surface area contributed by atoms with E-state index in [9.17, 15) is 4.39 Å². The Morgan fingerprint density at radius 3 is 2.86 bits per heavy atom. The monoisotopic (exact) mass is 297 g/mol. The standard InChI is InChI=1S/C9H7BrCl2FN/c10-8-2-1-7(3-9(8)13)14-5-6(12)4-11/h1-4,14H,5H2/b6-4-. The van der Waals surface area contributed by atoms with Gasteiger partial charge in [0.15, 0.2) is 0 Å². The fraction of sp³-hybridized carbons (Fsp3) is 0.111. The summed E-state index contributed by atoms with van der Waals surface area (Å²) in [4.78, 5) is 0. The Balaban J connectivity index is 2.64. The van der Waals surface area contributed by atoms with Crippen LogP contribution in [-0.4, -0.2) is 6.54 Å². The lowest BCUT2D eigenvalue weighted by molar-refractivity contribution is 0.621. The molecule has 1 aromatic carbocycles. The molecule has 0 aromatic heterocycles. The molecule has 0 atom stereocenters. The first-order valence-corrected chi connectivity index (χ1v) is 5.38. The Kier molecular flexibility index (Phi) is 4.72. The summed E-state index contributed by atoms with van der Waals surface area (Å²) >= 11 is 14.1. The number of rotatable bonds is 3. The van der Waals surface area contributed by atoms with Crippen molar-refractivity contribution in [1.82, 2.24) is 0 Å². The highest BCUT2D eigenvalue weighted by Gasteiger charge is 2.00. The molecule has 0 saturated heterocycles. The van der Waals surface area contributed by atoms with E-state index in [0.29, 0.717) is 21.7 Å². The van der Waals surface area contributed by atoms with E-state index in [0.717, 1.165) is 0 Å². The Morgan fingerprint density at radius 1 is 1.57 bits per heavy atom. The quantitative estimate of drug-likeness (QED) is 0.876. The van der Waals surface area contributed by atoms with Gasteiger partial charge in [0.1, 0.15) is 5.82 Å². The van der Waals surface area contributed by atoms with E-state index < -0.39 is 0 Å². The smallest absolute Gasteiger partial charge is 0.139 e. The molecule has 0 radical (unpaired) electrons. The van der Waals surface area contributed by atoms with Crippen molar-refractivity contribution in [3.05, 3.63) is 39.1 Å². The summed E-state index contributed by atoms with van der Waals surface area (Å²) in [5.74, 6) is -0.319. The predicted octanol–water partition coefficient (Wildman–Crippen LogP) is 4.32. The van der Waals surface area contributed by atoms with Crippen LogP contribution in [-0.2, 0) is 0 Å². The molecule has 0 aliphatic rings. The number of halogens is 4. The largest absolute Gasteiger partial charge is 0.380 e. The molecule has 0 aliphatic carbocycles. The second-order valence-corrected chi connectivity index (χ2v) is 4.10. The number of hydrogen-bond acceptors (Lipinski definition) is 1. The van der Waals surface area contributed by atoms with Crippen LogP contribution in [0.15, 0.2) is 33.2 Å². The van der Waals surface area contributed by atoms with Gasteiger partial charge in [-0.3, -0.25) is 0 Å². The fourth-order valence-corrected chi connectivity index (χ4v) is 1.22. The Morgan fingerprint density at radius 2 is 2.29 bits per heavy atom. The van der Waals surface area contributed by atoms with Crippen LogP contribution in [0.3, 0.4) is 0 Å². The van der Waals surface area contributed by atoms with Crippen LogP contribution < -0.4 is 5.32 Å². The molecule has 1 N–H and O–H groups in total. The van der Waals surface area contributed by atoms with Crippen LogP contribution >= 0.6 is 39.1 Å². The third kappa shape index (κ3) is 3.48. The lowest BCUT2D eigenvalue weighted by Crippen LogP contribution is -2.01. The zero-order chi connectivity index (χ0) is 10.6. The molecule has 0 fully saturated rings. The Hall–Kier alpha value is -0.250. The molecule has 5 heteroatoms. The third-order valence-electron chi connectivity index (χ3n) is 1.50. The highest BCUT2D eigenvalue weighted by Crippen LogP contribution is 2.19. The number of hydrogen-bond donors (Lipinski definition) is 1. The second-order valence-electron chi connectivity index (χ2n) is 2.54. The molecule has 0 unspecified atom stereocenters. The van der Waals surface area contributed by atoms with Gasteiger partial charge in [-0.05, 0) is 34.1 Å². The average Bonchev–Trinajstić information content (AvgIpc) is 2.19. The van der Waals surface area contributed by atoms with E-state index in [2.05, 4.69) is 21.2 Å². The van der Waals surface area contributed by atoms with Crippen LogP contribution in [0.4, 0.5) is 10.1 Å². The van der Waals surface area contributed by atoms with E-state index in [1.165, 1.54) is 11.6 Å². The summed E-state index contributed by atoms with van der Waals surface area (Å²) in [6.45, 7) is 0.381. The van der Waals surface area contributed by atoms with Crippen molar-refractivity contribution in [1.29, 1.82) is 0 Å². The minimum atomic E-state index is -0.319. The van der Waals surface area contributed by atoms with Gasteiger partial charge in [0.2, 0.25) is 0 Å². The number of anilines is 1. The van der Waals surface area contributed by atoms with Crippen molar-refractivity contribution in [3.8, 4) is 0 Å². The molecule has 0 amide bonds. The first-order chi connectivity index (χ1) is 6.63. The normalized spacial score (nSPS) is 11.6. The molecule has 1 rings (SSSR count). The van der Waals surface area contributed by atoms with Gasteiger partial charge < -0.3 is 5.32 Å². The van der Waals surface area contributed by atoms with Crippen molar-refractivity contribution < 1.29 is 4.39 Å². The maximum atomic E-state index is 13.0. The average molecular weight is 299 g/mol. The van der Waals surface area contributed by atoms with Crippen LogP contribution in [0.1, 0.15) is 0 Å². The van der Waals surface area contributed by atoms with Gasteiger partial charge in [0.05, 0.1) is 11.0 Å². The van der Waals surface area contributed by atoms with E-state index in [4.69, 9.17) is 23.2 Å². The van der Waals surface area contributed by atoms with Crippen LogP contribution in [0.5, 0.6) is 0 Å². The van der Waals surface area contributed by atoms with E-state index in [-0.39, 0.29) is 5.82 Å². The Bertz CT molecular complexity index is 355. The molecule has 76 valence electrons. The molecule has 0 aliphatic heterocycles. The zero-order valence-electron chi connectivity index (χ0n) is 7.03. The molecule has 0 spiro atoms. The van der Waals surface area contributed by atoms with Crippen molar-refractivity contribution in [3.63, 3.8) is 0 Å². The summed E-state index contributed by atoms with van der Waals surface area (Å²) in [6, 6.07) is 4.74. The second kappa shape index (κ2) is 5.59. The summed E-state index contributed by atoms with van der Waals surface area (Å²) in [7, 11) is 0.